The van der Waals surface area contributed by atoms with Crippen molar-refractivity contribution in [1.29, 1.82) is 0 Å². The van der Waals surface area contributed by atoms with Crippen molar-refractivity contribution in [3.8, 4) is 11.5 Å². The van der Waals surface area contributed by atoms with Gasteiger partial charge in [-0.15, -0.1) is 0 Å². The number of fused-ring (bicyclic) bond motifs is 1. The van der Waals surface area contributed by atoms with Crippen molar-refractivity contribution >= 4 is 5.91 Å². The molecule has 1 aliphatic heterocycles. The highest BCUT2D eigenvalue weighted by Gasteiger charge is 2.11. The molecule has 0 aliphatic carbocycles. The summed E-state index contributed by atoms with van der Waals surface area (Å²) >= 11 is 0. The minimum atomic E-state index is 0.168. The monoisotopic (exact) mass is 333 g/mol. The van der Waals surface area contributed by atoms with E-state index in [1.165, 1.54) is 38.5 Å². The van der Waals surface area contributed by atoms with Crippen LogP contribution in [0.5, 0.6) is 11.5 Å². The van der Waals surface area contributed by atoms with Gasteiger partial charge >= 0.3 is 0 Å². The van der Waals surface area contributed by atoms with E-state index in [0.29, 0.717) is 26.2 Å². The fourth-order valence-corrected chi connectivity index (χ4v) is 2.92. The number of ether oxygens (including phenoxy) is 2. The van der Waals surface area contributed by atoms with Crippen LogP contribution in [-0.4, -0.2) is 25.7 Å². The molecule has 0 aromatic heterocycles. The van der Waals surface area contributed by atoms with Gasteiger partial charge in [0.25, 0.3) is 0 Å². The summed E-state index contributed by atoms with van der Waals surface area (Å²) in [5, 5.41) is 3.01. The quantitative estimate of drug-likeness (QED) is 0.616. The number of benzene rings is 1. The third-order valence-corrected chi connectivity index (χ3v) is 4.35. The molecule has 0 radical (unpaired) electrons. The van der Waals surface area contributed by atoms with Crippen molar-refractivity contribution < 1.29 is 14.3 Å². The highest BCUT2D eigenvalue weighted by molar-refractivity contribution is 5.75. The molecule has 0 saturated carbocycles. The van der Waals surface area contributed by atoms with Crippen LogP contribution in [-0.2, 0) is 11.2 Å². The van der Waals surface area contributed by atoms with Crippen molar-refractivity contribution in [2.45, 2.75) is 64.7 Å². The van der Waals surface area contributed by atoms with Gasteiger partial charge in [-0.2, -0.15) is 0 Å². The van der Waals surface area contributed by atoms with Crippen LogP contribution in [0.25, 0.3) is 0 Å². The number of nitrogens with one attached hydrogen (secondary N) is 1. The van der Waals surface area contributed by atoms with Crippen LogP contribution in [0, 0.1) is 0 Å². The van der Waals surface area contributed by atoms with Crippen LogP contribution in [0.4, 0.5) is 0 Å². The average molecular weight is 333 g/mol. The first-order chi connectivity index (χ1) is 11.8. The largest absolute Gasteiger partial charge is 0.486 e. The second kappa shape index (κ2) is 11.0. The Bertz CT molecular complexity index is 502. The third kappa shape index (κ3) is 6.81. The minimum Gasteiger partial charge on any atom is -0.486 e. The Labute approximate surface area is 145 Å². The molecule has 1 heterocycles. The zero-order valence-electron chi connectivity index (χ0n) is 14.9. The zero-order valence-corrected chi connectivity index (χ0v) is 14.9. The van der Waals surface area contributed by atoms with Gasteiger partial charge in [0, 0.05) is 13.0 Å². The molecule has 24 heavy (non-hydrogen) atoms. The van der Waals surface area contributed by atoms with E-state index in [-0.39, 0.29) is 5.91 Å². The molecule has 1 aromatic rings. The van der Waals surface area contributed by atoms with Gasteiger partial charge in [0.2, 0.25) is 5.91 Å². The molecule has 4 nitrogen and oxygen atoms in total. The van der Waals surface area contributed by atoms with Crippen molar-refractivity contribution in [3.63, 3.8) is 0 Å². The number of unbranched alkanes of at least 4 members (excludes halogenated alkanes) is 6. The van der Waals surface area contributed by atoms with Crippen LogP contribution in [0.2, 0.25) is 0 Å². The summed E-state index contributed by atoms with van der Waals surface area (Å²) in [4.78, 5) is 11.8. The van der Waals surface area contributed by atoms with Crippen LogP contribution in [0.3, 0.4) is 0 Å². The maximum Gasteiger partial charge on any atom is 0.220 e. The van der Waals surface area contributed by atoms with E-state index >= 15 is 0 Å². The minimum absolute atomic E-state index is 0.168. The molecule has 1 aliphatic rings. The molecular formula is C20H31NO3. The van der Waals surface area contributed by atoms with Crippen molar-refractivity contribution in [3.05, 3.63) is 23.8 Å². The highest BCUT2D eigenvalue weighted by atomic mass is 16.6. The molecule has 4 heteroatoms. The van der Waals surface area contributed by atoms with E-state index in [0.717, 1.165) is 29.9 Å². The maximum absolute atomic E-state index is 11.8. The summed E-state index contributed by atoms with van der Waals surface area (Å²) in [6.07, 6.45) is 10.1. The van der Waals surface area contributed by atoms with Gasteiger partial charge in [-0.3, -0.25) is 4.79 Å². The normalized spacial score (nSPS) is 12.9. The van der Waals surface area contributed by atoms with Crippen molar-refractivity contribution in [1.82, 2.24) is 5.32 Å². The summed E-state index contributed by atoms with van der Waals surface area (Å²) in [5.74, 6) is 1.79. The fraction of sp³-hybridized carbons (Fsp3) is 0.650. The molecule has 134 valence electrons. The van der Waals surface area contributed by atoms with E-state index in [1.807, 2.05) is 18.2 Å². The lowest BCUT2D eigenvalue weighted by atomic mass is 10.1. The highest BCUT2D eigenvalue weighted by Crippen LogP contribution is 2.30. The number of amides is 1. The van der Waals surface area contributed by atoms with Gasteiger partial charge in [0.05, 0.1) is 0 Å². The predicted octanol–water partition coefficient (Wildman–Crippen LogP) is 4.26. The number of carbonyl (C=O) groups is 1. The Morgan fingerprint density at radius 1 is 1.00 bits per heavy atom. The summed E-state index contributed by atoms with van der Waals surface area (Å²) in [7, 11) is 0. The van der Waals surface area contributed by atoms with Gasteiger partial charge in [0.15, 0.2) is 11.5 Å². The summed E-state index contributed by atoms with van der Waals surface area (Å²) in [6, 6.07) is 6.00. The standard InChI is InChI=1S/C20H31NO3/c1-2-3-4-5-6-7-8-9-20(22)21-13-12-17-10-11-18-19(16-17)24-15-14-23-18/h10-11,16H,2-9,12-15H2,1H3,(H,21,22). The van der Waals surface area contributed by atoms with Gasteiger partial charge in [-0.1, -0.05) is 51.5 Å². The first-order valence-corrected chi connectivity index (χ1v) is 9.45. The topological polar surface area (TPSA) is 47.6 Å². The second-order valence-electron chi connectivity index (χ2n) is 6.45. The molecular weight excluding hydrogens is 302 g/mol. The number of rotatable bonds is 11. The molecule has 0 bridgehead atoms. The van der Waals surface area contributed by atoms with Crippen molar-refractivity contribution in [2.75, 3.05) is 19.8 Å². The lowest BCUT2D eigenvalue weighted by Crippen LogP contribution is -2.25. The van der Waals surface area contributed by atoms with Gasteiger partial charge in [-0.05, 0) is 30.5 Å². The summed E-state index contributed by atoms with van der Waals surface area (Å²) < 4.78 is 11.1. The molecule has 1 aromatic carbocycles. The predicted molar refractivity (Wildman–Crippen MR) is 96.8 cm³/mol. The Morgan fingerprint density at radius 3 is 2.50 bits per heavy atom. The van der Waals surface area contributed by atoms with Crippen LogP contribution in [0.1, 0.15) is 63.9 Å². The van der Waals surface area contributed by atoms with E-state index in [9.17, 15) is 4.79 Å². The number of hydrogen-bond donors (Lipinski definition) is 1. The second-order valence-corrected chi connectivity index (χ2v) is 6.45. The first-order valence-electron chi connectivity index (χ1n) is 9.45. The third-order valence-electron chi connectivity index (χ3n) is 4.35. The van der Waals surface area contributed by atoms with Crippen LogP contribution in [0.15, 0.2) is 18.2 Å². The van der Waals surface area contributed by atoms with Gasteiger partial charge in [-0.25, -0.2) is 0 Å². The average Bonchev–Trinajstić information content (AvgIpc) is 2.61. The van der Waals surface area contributed by atoms with Gasteiger partial charge in [0.1, 0.15) is 13.2 Å². The Hall–Kier alpha value is -1.71. The van der Waals surface area contributed by atoms with Crippen molar-refractivity contribution in [2.24, 2.45) is 0 Å². The molecule has 2 rings (SSSR count). The molecule has 1 N–H and O–H groups in total. The van der Waals surface area contributed by atoms with Crippen LogP contribution >= 0.6 is 0 Å². The van der Waals surface area contributed by atoms with E-state index in [1.54, 1.807) is 0 Å². The Morgan fingerprint density at radius 2 is 1.71 bits per heavy atom. The molecule has 1 amide bonds. The Kier molecular flexibility index (Phi) is 8.50. The SMILES string of the molecule is CCCCCCCCCC(=O)NCCc1ccc2c(c1)OCCO2. The van der Waals surface area contributed by atoms with E-state index in [4.69, 9.17) is 9.47 Å². The van der Waals surface area contributed by atoms with E-state index in [2.05, 4.69) is 12.2 Å². The fourth-order valence-electron chi connectivity index (χ4n) is 2.92. The van der Waals surface area contributed by atoms with Crippen LogP contribution < -0.4 is 14.8 Å². The lowest BCUT2D eigenvalue weighted by molar-refractivity contribution is -0.121. The molecule has 0 saturated heterocycles. The van der Waals surface area contributed by atoms with Gasteiger partial charge < -0.3 is 14.8 Å². The first kappa shape index (κ1) is 18.6. The van der Waals surface area contributed by atoms with E-state index < -0.39 is 0 Å². The maximum atomic E-state index is 11.8. The molecule has 0 spiro atoms. The lowest BCUT2D eigenvalue weighted by Gasteiger charge is -2.18. The zero-order chi connectivity index (χ0) is 17.0. The molecule has 0 unspecified atom stereocenters. The summed E-state index contributed by atoms with van der Waals surface area (Å²) in [6.45, 7) is 4.12. The summed E-state index contributed by atoms with van der Waals surface area (Å²) in [5.41, 5.74) is 1.16. The number of carbonyl (C=O) groups excluding carboxylic acids is 1. The smallest absolute Gasteiger partial charge is 0.220 e. The Balaban J connectivity index is 1.54. The molecule has 0 atom stereocenters. The molecule has 0 fully saturated rings. The number of hydrogen-bond acceptors (Lipinski definition) is 3.